The molecule has 0 unspecified atom stereocenters. The van der Waals surface area contributed by atoms with Crippen molar-refractivity contribution in [2.45, 2.75) is 6.92 Å². The first kappa shape index (κ1) is 17.4. The van der Waals surface area contributed by atoms with Gasteiger partial charge in [0.25, 0.3) is 5.91 Å². The number of amides is 1. The summed E-state index contributed by atoms with van der Waals surface area (Å²) in [6.07, 6.45) is 0. The summed E-state index contributed by atoms with van der Waals surface area (Å²) in [7, 11) is -3.34. The Labute approximate surface area is 148 Å². The Morgan fingerprint density at radius 2 is 1.80 bits per heavy atom. The van der Waals surface area contributed by atoms with Gasteiger partial charge in [-0.1, -0.05) is 6.07 Å². The minimum Gasteiger partial charge on any atom is -0.321 e. The van der Waals surface area contributed by atoms with E-state index < -0.39 is 10.0 Å². The van der Waals surface area contributed by atoms with Crippen LogP contribution in [0.2, 0.25) is 0 Å². The van der Waals surface area contributed by atoms with Crippen molar-refractivity contribution < 1.29 is 17.6 Å². The van der Waals surface area contributed by atoms with Crippen molar-refractivity contribution in [3.8, 4) is 0 Å². The number of carbonyl (C=O) groups excluding carboxylic acids is 1. The van der Waals surface area contributed by atoms with Crippen molar-refractivity contribution in [3.63, 3.8) is 0 Å². The molecular weight excluding hydrogens is 363 g/mol. The van der Waals surface area contributed by atoms with Gasteiger partial charge in [0.2, 0.25) is 10.0 Å². The first-order valence-corrected chi connectivity index (χ1v) is 9.95. The number of halogens is 1. The molecule has 1 aromatic heterocycles. The number of rotatable bonds is 5. The Hall–Kier alpha value is -2.45. The van der Waals surface area contributed by atoms with E-state index >= 15 is 0 Å². The number of carbonyl (C=O) groups is 1. The molecule has 5 nitrogen and oxygen atoms in total. The highest BCUT2D eigenvalue weighted by atomic mass is 32.2. The van der Waals surface area contributed by atoms with Gasteiger partial charge in [0, 0.05) is 21.5 Å². The zero-order chi connectivity index (χ0) is 18.0. The molecule has 8 heteroatoms. The summed E-state index contributed by atoms with van der Waals surface area (Å²) in [6, 6.07) is 12.6. The molecule has 0 aliphatic heterocycles. The van der Waals surface area contributed by atoms with Crippen molar-refractivity contribution in [3.05, 3.63) is 59.2 Å². The van der Waals surface area contributed by atoms with Gasteiger partial charge in [0.15, 0.2) is 0 Å². The molecule has 0 saturated heterocycles. The molecule has 1 amide bonds. The van der Waals surface area contributed by atoms with Crippen molar-refractivity contribution in [1.29, 1.82) is 0 Å². The molecule has 0 saturated carbocycles. The molecule has 0 aliphatic rings. The van der Waals surface area contributed by atoms with E-state index in [-0.39, 0.29) is 17.5 Å². The van der Waals surface area contributed by atoms with Gasteiger partial charge in [-0.05, 0) is 49.4 Å². The van der Waals surface area contributed by atoms with Crippen LogP contribution in [0.1, 0.15) is 16.6 Å². The standard InChI is InChI=1S/C17H15FN2O3S2/c1-2-25(22,23)20-12-8-6-11(7-9-12)19-17(21)16-10-13-14(18)4-3-5-15(13)24-16/h3-10,20H,2H2,1H3,(H,19,21). The van der Waals surface area contributed by atoms with E-state index in [1.165, 1.54) is 23.5 Å². The number of hydrogen-bond donors (Lipinski definition) is 2. The second-order valence-corrected chi connectivity index (χ2v) is 8.39. The monoisotopic (exact) mass is 378 g/mol. The molecule has 0 bridgehead atoms. The van der Waals surface area contributed by atoms with Crippen LogP contribution in [0.5, 0.6) is 0 Å². The van der Waals surface area contributed by atoms with Gasteiger partial charge in [-0.15, -0.1) is 11.3 Å². The minimum atomic E-state index is -3.34. The lowest BCUT2D eigenvalue weighted by atomic mass is 10.2. The Kier molecular flexibility index (Phi) is 4.73. The maximum Gasteiger partial charge on any atom is 0.265 e. The van der Waals surface area contributed by atoms with Crippen molar-refractivity contribution in [1.82, 2.24) is 0 Å². The first-order chi connectivity index (χ1) is 11.9. The number of thiophene rings is 1. The molecular formula is C17H15FN2O3S2. The third-order valence-corrected chi connectivity index (χ3v) is 5.93. The summed E-state index contributed by atoms with van der Waals surface area (Å²) >= 11 is 1.21. The van der Waals surface area contributed by atoms with E-state index in [0.29, 0.717) is 26.3 Å². The molecule has 130 valence electrons. The fourth-order valence-corrected chi connectivity index (χ4v) is 3.81. The maximum absolute atomic E-state index is 13.7. The number of anilines is 2. The van der Waals surface area contributed by atoms with E-state index in [2.05, 4.69) is 10.0 Å². The summed E-state index contributed by atoms with van der Waals surface area (Å²) in [5.74, 6) is -0.726. The highest BCUT2D eigenvalue weighted by Gasteiger charge is 2.13. The second-order valence-electron chi connectivity index (χ2n) is 5.30. The topological polar surface area (TPSA) is 75.3 Å². The smallest absolute Gasteiger partial charge is 0.265 e. The molecule has 2 N–H and O–H groups in total. The molecule has 0 atom stereocenters. The Morgan fingerprint density at radius 3 is 2.44 bits per heavy atom. The van der Waals surface area contributed by atoms with E-state index in [0.717, 1.165) is 0 Å². The number of nitrogens with one attached hydrogen (secondary N) is 2. The van der Waals surface area contributed by atoms with Crippen molar-refractivity contribution >= 4 is 48.7 Å². The summed E-state index contributed by atoms with van der Waals surface area (Å²) in [4.78, 5) is 12.7. The summed E-state index contributed by atoms with van der Waals surface area (Å²) in [5, 5.41) is 3.13. The zero-order valence-electron chi connectivity index (χ0n) is 13.2. The van der Waals surface area contributed by atoms with Crippen molar-refractivity contribution in [2.24, 2.45) is 0 Å². The zero-order valence-corrected chi connectivity index (χ0v) is 14.9. The molecule has 0 aliphatic carbocycles. The normalized spacial score (nSPS) is 11.4. The predicted molar refractivity (Wildman–Crippen MR) is 99.3 cm³/mol. The molecule has 3 aromatic rings. The average molecular weight is 378 g/mol. The van der Waals surface area contributed by atoms with E-state index in [9.17, 15) is 17.6 Å². The Balaban J connectivity index is 1.75. The summed E-state index contributed by atoms with van der Waals surface area (Å²) in [5.41, 5.74) is 0.936. The van der Waals surface area contributed by atoms with Crippen LogP contribution in [0.3, 0.4) is 0 Å². The van der Waals surface area contributed by atoms with Gasteiger partial charge in [-0.3, -0.25) is 9.52 Å². The van der Waals surface area contributed by atoms with Crippen LogP contribution in [0, 0.1) is 5.82 Å². The van der Waals surface area contributed by atoms with E-state index in [1.54, 1.807) is 43.3 Å². The van der Waals surface area contributed by atoms with Gasteiger partial charge < -0.3 is 5.32 Å². The molecule has 0 fully saturated rings. The Morgan fingerprint density at radius 1 is 1.12 bits per heavy atom. The van der Waals surface area contributed by atoms with Crippen LogP contribution >= 0.6 is 11.3 Å². The van der Waals surface area contributed by atoms with Gasteiger partial charge >= 0.3 is 0 Å². The van der Waals surface area contributed by atoms with Gasteiger partial charge in [-0.25, -0.2) is 12.8 Å². The van der Waals surface area contributed by atoms with Crippen LogP contribution in [0.4, 0.5) is 15.8 Å². The fourth-order valence-electron chi connectivity index (χ4n) is 2.20. The highest BCUT2D eigenvalue weighted by molar-refractivity contribution is 7.92. The van der Waals surface area contributed by atoms with Crippen LogP contribution < -0.4 is 10.0 Å². The lowest BCUT2D eigenvalue weighted by Gasteiger charge is -2.07. The number of benzene rings is 2. The quantitative estimate of drug-likeness (QED) is 0.703. The molecule has 25 heavy (non-hydrogen) atoms. The Bertz CT molecular complexity index is 1030. The van der Waals surface area contributed by atoms with Gasteiger partial charge in [0.05, 0.1) is 10.6 Å². The number of fused-ring (bicyclic) bond motifs is 1. The first-order valence-electron chi connectivity index (χ1n) is 7.48. The summed E-state index contributed by atoms with van der Waals surface area (Å²) in [6.45, 7) is 1.55. The van der Waals surface area contributed by atoms with Gasteiger partial charge in [0.1, 0.15) is 5.82 Å². The van der Waals surface area contributed by atoms with Crippen LogP contribution in [0.25, 0.3) is 10.1 Å². The lowest BCUT2D eigenvalue weighted by molar-refractivity contribution is 0.103. The van der Waals surface area contributed by atoms with Crippen LogP contribution in [0.15, 0.2) is 48.5 Å². The minimum absolute atomic E-state index is 0.0199. The third-order valence-electron chi connectivity index (χ3n) is 3.53. The number of sulfonamides is 1. The average Bonchev–Trinajstić information content (AvgIpc) is 3.02. The molecule has 2 aromatic carbocycles. The molecule has 0 spiro atoms. The largest absolute Gasteiger partial charge is 0.321 e. The maximum atomic E-state index is 13.7. The SMILES string of the molecule is CCS(=O)(=O)Nc1ccc(NC(=O)c2cc3c(F)cccc3s2)cc1. The van der Waals surface area contributed by atoms with E-state index in [4.69, 9.17) is 0 Å². The van der Waals surface area contributed by atoms with Crippen molar-refractivity contribution in [2.75, 3.05) is 15.8 Å². The molecule has 0 radical (unpaired) electrons. The van der Waals surface area contributed by atoms with Gasteiger partial charge in [-0.2, -0.15) is 0 Å². The van der Waals surface area contributed by atoms with Crippen LogP contribution in [-0.2, 0) is 10.0 Å². The number of hydrogen-bond acceptors (Lipinski definition) is 4. The second kappa shape index (κ2) is 6.81. The third kappa shape index (κ3) is 3.97. The predicted octanol–water partition coefficient (Wildman–Crippen LogP) is 4.05. The van der Waals surface area contributed by atoms with E-state index in [1.807, 2.05) is 0 Å². The lowest BCUT2D eigenvalue weighted by Crippen LogP contribution is -2.14. The highest BCUT2D eigenvalue weighted by Crippen LogP contribution is 2.28. The molecule has 3 rings (SSSR count). The van der Waals surface area contributed by atoms with Crippen LogP contribution in [-0.4, -0.2) is 20.1 Å². The fraction of sp³-hybridized carbons (Fsp3) is 0.118. The molecule has 1 heterocycles. The summed E-state index contributed by atoms with van der Waals surface area (Å²) < 4.78 is 39.9.